The molecule has 0 saturated carbocycles. The molecule has 2 aromatic heterocycles. The lowest BCUT2D eigenvalue weighted by Gasteiger charge is -2.25. The molecule has 3 unspecified atom stereocenters. The molecule has 0 spiro atoms. The number of nitrogens with one attached hydrogen (secondary N) is 5. The molecule has 0 aliphatic heterocycles. The van der Waals surface area contributed by atoms with Gasteiger partial charge in [-0.1, -0.05) is 13.8 Å². The molecule has 0 saturated heterocycles. The number of amides is 3. The number of H-pyrrole nitrogens is 2. The molecule has 180 valence electrons. The third-order valence-electron chi connectivity index (χ3n) is 4.75. The third kappa shape index (κ3) is 8.37. The van der Waals surface area contributed by atoms with E-state index in [1.807, 2.05) is 13.8 Å². The molecule has 2 heterocycles. The summed E-state index contributed by atoms with van der Waals surface area (Å²) in [5, 5.41) is 17.2. The molecular weight excluding hydrogens is 432 g/mol. The lowest BCUT2D eigenvalue weighted by atomic mass is 10.0. The number of imidazole rings is 2. The number of nitrogens with two attached hydrogens (primary N) is 1. The minimum atomic E-state index is -1.25. The van der Waals surface area contributed by atoms with Crippen molar-refractivity contribution in [2.45, 2.75) is 51.2 Å². The monoisotopic (exact) mass is 462 g/mol. The van der Waals surface area contributed by atoms with E-state index in [9.17, 15) is 24.3 Å². The Morgan fingerprint density at radius 3 is 1.88 bits per heavy atom. The van der Waals surface area contributed by atoms with Crippen LogP contribution in [0.25, 0.3) is 0 Å². The van der Waals surface area contributed by atoms with Crippen LogP contribution in [-0.4, -0.2) is 73.4 Å². The van der Waals surface area contributed by atoms with Gasteiger partial charge in [0.05, 0.1) is 19.2 Å². The van der Waals surface area contributed by atoms with Crippen LogP contribution in [0.4, 0.5) is 0 Å². The highest BCUT2D eigenvalue weighted by Crippen LogP contribution is 2.08. The van der Waals surface area contributed by atoms with Gasteiger partial charge in [-0.15, -0.1) is 0 Å². The standard InChI is InChI=1S/C20H30N8O5/c1-11(2)3-14(26-17(29)6-21)18(30)27-15(4-12-7-22-9-24-12)19(31)28-16(20(32)33)5-13-8-23-10-25-13/h7-11,14-16H,3-6,21H2,1-2H3,(H,22,24)(H,23,25)(H,26,29)(H,27,30)(H,28,31)(H,32,33). The second-order valence-corrected chi connectivity index (χ2v) is 7.98. The van der Waals surface area contributed by atoms with Crippen LogP contribution in [0.3, 0.4) is 0 Å². The first-order valence-electron chi connectivity index (χ1n) is 10.5. The number of carbonyl (C=O) groups is 4. The molecule has 13 heteroatoms. The molecule has 3 amide bonds. The number of hydrogen-bond donors (Lipinski definition) is 7. The zero-order valence-corrected chi connectivity index (χ0v) is 18.5. The minimum absolute atomic E-state index is 0.0195. The van der Waals surface area contributed by atoms with Crippen molar-refractivity contribution in [1.82, 2.24) is 35.9 Å². The molecule has 13 nitrogen and oxygen atoms in total. The molecule has 2 rings (SSSR count). The van der Waals surface area contributed by atoms with Crippen LogP contribution in [0.5, 0.6) is 0 Å². The predicted molar refractivity (Wildman–Crippen MR) is 117 cm³/mol. The molecule has 3 atom stereocenters. The highest BCUT2D eigenvalue weighted by atomic mass is 16.4. The largest absolute Gasteiger partial charge is 0.480 e. The average molecular weight is 463 g/mol. The topological polar surface area (TPSA) is 208 Å². The van der Waals surface area contributed by atoms with E-state index in [2.05, 4.69) is 35.9 Å². The smallest absolute Gasteiger partial charge is 0.326 e. The van der Waals surface area contributed by atoms with Crippen LogP contribution in [-0.2, 0) is 32.0 Å². The van der Waals surface area contributed by atoms with Gasteiger partial charge < -0.3 is 36.8 Å². The van der Waals surface area contributed by atoms with Crippen LogP contribution in [0.15, 0.2) is 25.0 Å². The number of carboxylic acids is 1. The van der Waals surface area contributed by atoms with Crippen molar-refractivity contribution in [2.24, 2.45) is 11.7 Å². The Morgan fingerprint density at radius 2 is 1.42 bits per heavy atom. The maximum atomic E-state index is 13.0. The first-order chi connectivity index (χ1) is 15.7. The molecule has 33 heavy (non-hydrogen) atoms. The minimum Gasteiger partial charge on any atom is -0.480 e. The van der Waals surface area contributed by atoms with Crippen molar-refractivity contribution in [3.63, 3.8) is 0 Å². The summed E-state index contributed by atoms with van der Waals surface area (Å²) in [6, 6.07) is -3.27. The summed E-state index contributed by atoms with van der Waals surface area (Å²) in [5.74, 6) is -2.94. The van der Waals surface area contributed by atoms with Crippen LogP contribution in [0.1, 0.15) is 31.7 Å². The number of hydrogen-bond acceptors (Lipinski definition) is 7. The van der Waals surface area contributed by atoms with Crippen molar-refractivity contribution in [3.05, 3.63) is 36.4 Å². The van der Waals surface area contributed by atoms with Crippen LogP contribution in [0.2, 0.25) is 0 Å². The highest BCUT2D eigenvalue weighted by molar-refractivity contribution is 5.93. The molecule has 2 aromatic rings. The van der Waals surface area contributed by atoms with E-state index in [-0.39, 0.29) is 25.3 Å². The number of rotatable bonds is 13. The zero-order chi connectivity index (χ0) is 24.4. The molecular formula is C20H30N8O5. The molecule has 0 aromatic carbocycles. The maximum Gasteiger partial charge on any atom is 0.326 e. The van der Waals surface area contributed by atoms with Crippen molar-refractivity contribution in [2.75, 3.05) is 6.54 Å². The van der Waals surface area contributed by atoms with Crippen LogP contribution in [0, 0.1) is 5.92 Å². The number of carboxylic acid groups (broad SMARTS) is 1. The van der Waals surface area contributed by atoms with E-state index in [1.54, 1.807) is 0 Å². The maximum absolute atomic E-state index is 13.0. The quantitative estimate of drug-likeness (QED) is 0.185. The van der Waals surface area contributed by atoms with Crippen LogP contribution < -0.4 is 21.7 Å². The second-order valence-electron chi connectivity index (χ2n) is 7.98. The molecule has 0 bridgehead atoms. The predicted octanol–water partition coefficient (Wildman–Crippen LogP) is -1.54. The first-order valence-corrected chi connectivity index (χ1v) is 10.5. The van der Waals surface area contributed by atoms with Gasteiger partial charge >= 0.3 is 5.97 Å². The molecule has 0 aliphatic carbocycles. The molecule has 8 N–H and O–H groups in total. The Labute approximate surface area is 190 Å². The highest BCUT2D eigenvalue weighted by Gasteiger charge is 2.30. The molecule has 0 fully saturated rings. The van der Waals surface area contributed by atoms with Gasteiger partial charge in [-0.3, -0.25) is 14.4 Å². The van der Waals surface area contributed by atoms with Gasteiger partial charge in [-0.05, 0) is 12.3 Å². The van der Waals surface area contributed by atoms with Gasteiger partial charge in [0, 0.05) is 36.6 Å². The van der Waals surface area contributed by atoms with E-state index in [1.165, 1.54) is 25.0 Å². The zero-order valence-electron chi connectivity index (χ0n) is 18.5. The Balaban J connectivity index is 2.17. The summed E-state index contributed by atoms with van der Waals surface area (Å²) in [6.07, 6.45) is 6.13. The Bertz CT molecular complexity index is 913. The van der Waals surface area contributed by atoms with E-state index in [0.29, 0.717) is 17.8 Å². The van der Waals surface area contributed by atoms with Crippen molar-refractivity contribution < 1.29 is 24.3 Å². The van der Waals surface area contributed by atoms with Gasteiger partial charge in [0.25, 0.3) is 0 Å². The average Bonchev–Trinajstić information content (AvgIpc) is 3.45. The van der Waals surface area contributed by atoms with E-state index < -0.39 is 41.8 Å². The summed E-state index contributed by atoms with van der Waals surface area (Å²) in [4.78, 5) is 62.8. The second kappa shape index (κ2) is 12.3. The number of nitrogens with zero attached hydrogens (tertiary/aromatic N) is 2. The van der Waals surface area contributed by atoms with Crippen molar-refractivity contribution >= 4 is 23.7 Å². The Hall–Kier alpha value is -3.74. The van der Waals surface area contributed by atoms with Gasteiger partial charge in [0.15, 0.2) is 0 Å². The first kappa shape index (κ1) is 25.5. The van der Waals surface area contributed by atoms with Crippen molar-refractivity contribution in [3.8, 4) is 0 Å². The fourth-order valence-corrected chi connectivity index (χ4v) is 3.14. The van der Waals surface area contributed by atoms with Crippen molar-refractivity contribution in [1.29, 1.82) is 0 Å². The summed E-state index contributed by atoms with van der Waals surface area (Å²) in [6.45, 7) is 3.49. The normalized spacial score (nSPS) is 13.7. The lowest BCUT2D eigenvalue weighted by Crippen LogP contribution is -2.57. The van der Waals surface area contributed by atoms with Gasteiger partial charge in [-0.2, -0.15) is 0 Å². The Morgan fingerprint density at radius 1 is 0.909 bits per heavy atom. The number of carbonyl (C=O) groups excluding carboxylic acids is 3. The van der Waals surface area contributed by atoms with E-state index in [0.717, 1.165) is 0 Å². The fraction of sp³-hybridized carbons (Fsp3) is 0.500. The summed E-state index contributed by atoms with van der Waals surface area (Å²) < 4.78 is 0. The van der Waals surface area contributed by atoms with Gasteiger partial charge in [0.2, 0.25) is 17.7 Å². The summed E-state index contributed by atoms with van der Waals surface area (Å²) in [7, 11) is 0. The lowest BCUT2D eigenvalue weighted by molar-refractivity contribution is -0.142. The number of aromatic amines is 2. The number of aromatic nitrogens is 4. The SMILES string of the molecule is CC(C)CC(NC(=O)CN)C(=O)NC(Cc1cnc[nH]1)C(=O)NC(Cc1cnc[nH]1)C(=O)O. The van der Waals surface area contributed by atoms with Gasteiger partial charge in [-0.25, -0.2) is 14.8 Å². The third-order valence-corrected chi connectivity index (χ3v) is 4.75. The Kier molecular flexibility index (Phi) is 9.54. The van der Waals surface area contributed by atoms with Gasteiger partial charge in [0.1, 0.15) is 18.1 Å². The number of aliphatic carboxylic acids is 1. The molecule has 0 aliphatic rings. The summed E-state index contributed by atoms with van der Waals surface area (Å²) >= 11 is 0. The summed E-state index contributed by atoms with van der Waals surface area (Å²) in [5.41, 5.74) is 6.43. The fourth-order valence-electron chi connectivity index (χ4n) is 3.14. The van der Waals surface area contributed by atoms with Crippen LogP contribution >= 0.6 is 0 Å². The van der Waals surface area contributed by atoms with E-state index in [4.69, 9.17) is 5.73 Å². The molecule has 0 radical (unpaired) electrons. The van der Waals surface area contributed by atoms with E-state index >= 15 is 0 Å².